The molecule has 1 aromatic heterocycles. The summed E-state index contributed by atoms with van der Waals surface area (Å²) in [5.41, 5.74) is 3.76. The molecule has 0 aliphatic carbocycles. The Morgan fingerprint density at radius 2 is 1.87 bits per heavy atom. The Labute approximate surface area is 181 Å². The number of benzene rings is 3. The largest absolute Gasteiger partial charge is 0.481 e. The van der Waals surface area contributed by atoms with Crippen LogP contribution in [0.4, 0.5) is 4.39 Å². The van der Waals surface area contributed by atoms with Crippen molar-refractivity contribution >= 4 is 29.0 Å². The van der Waals surface area contributed by atoms with Crippen LogP contribution in [0.1, 0.15) is 5.56 Å². The fourth-order valence-electron chi connectivity index (χ4n) is 3.08. The number of aromatic nitrogens is 2. The third-order valence-corrected chi connectivity index (χ3v) is 5.36. The van der Waals surface area contributed by atoms with Crippen molar-refractivity contribution in [2.75, 3.05) is 13.7 Å². The zero-order valence-corrected chi connectivity index (χ0v) is 17.3. The first-order chi connectivity index (χ1) is 15.0. The second kappa shape index (κ2) is 9.15. The van der Waals surface area contributed by atoms with Gasteiger partial charge in [0, 0.05) is 17.0 Å². The van der Waals surface area contributed by atoms with Crippen LogP contribution >= 0.6 is 11.9 Å². The van der Waals surface area contributed by atoms with E-state index < -0.39 is 12.6 Å². The molecule has 0 fully saturated rings. The van der Waals surface area contributed by atoms with Crippen molar-refractivity contribution in [2.45, 2.75) is 11.4 Å². The van der Waals surface area contributed by atoms with Crippen LogP contribution in [-0.4, -0.2) is 39.3 Å². The maximum absolute atomic E-state index is 13.1. The zero-order chi connectivity index (χ0) is 21.8. The van der Waals surface area contributed by atoms with Gasteiger partial charge < -0.3 is 9.84 Å². The first-order valence-corrected chi connectivity index (χ1v) is 10.1. The molecule has 0 unspecified atom stereocenters. The molecule has 0 saturated carbocycles. The monoisotopic (exact) mass is 439 g/mol. The van der Waals surface area contributed by atoms with Crippen LogP contribution in [0.2, 0.25) is 0 Å². The second-order valence-corrected chi connectivity index (χ2v) is 8.09. The van der Waals surface area contributed by atoms with Crippen molar-refractivity contribution in [1.29, 1.82) is 0 Å². The summed E-state index contributed by atoms with van der Waals surface area (Å²) in [7, 11) is 1.94. The highest BCUT2D eigenvalue weighted by atomic mass is 32.2. The highest BCUT2D eigenvalue weighted by Gasteiger charge is 2.13. The summed E-state index contributed by atoms with van der Waals surface area (Å²) in [6, 6.07) is 17.4. The van der Waals surface area contributed by atoms with Gasteiger partial charge in [-0.1, -0.05) is 12.1 Å². The van der Waals surface area contributed by atoms with E-state index in [0.29, 0.717) is 23.3 Å². The third-order valence-electron chi connectivity index (χ3n) is 4.44. The average molecular weight is 439 g/mol. The van der Waals surface area contributed by atoms with E-state index in [0.717, 1.165) is 21.6 Å². The SMILES string of the molecule is CN(Cc1ccc(OCC(=O)O)c(-c2ccc3nonc3c2)c1)Sc1ccc(F)cc1. The molecule has 0 radical (unpaired) electrons. The van der Waals surface area contributed by atoms with Crippen LogP contribution in [0, 0.1) is 5.82 Å². The highest BCUT2D eigenvalue weighted by molar-refractivity contribution is 7.97. The molecule has 1 heterocycles. The van der Waals surface area contributed by atoms with E-state index in [9.17, 15) is 9.18 Å². The van der Waals surface area contributed by atoms with E-state index in [4.69, 9.17) is 14.5 Å². The van der Waals surface area contributed by atoms with Crippen molar-refractivity contribution in [3.05, 3.63) is 72.0 Å². The molecule has 0 aliphatic rings. The van der Waals surface area contributed by atoms with Gasteiger partial charge in [-0.05, 0) is 89.0 Å². The minimum absolute atomic E-state index is 0.270. The van der Waals surface area contributed by atoms with Crippen molar-refractivity contribution < 1.29 is 23.7 Å². The molecule has 0 amide bonds. The topological polar surface area (TPSA) is 88.7 Å². The predicted octanol–water partition coefficient (Wildman–Crippen LogP) is 4.63. The van der Waals surface area contributed by atoms with E-state index in [2.05, 4.69) is 10.3 Å². The number of carboxylic acids is 1. The number of aliphatic carboxylic acids is 1. The lowest BCUT2D eigenvalue weighted by atomic mass is 10.0. The highest BCUT2D eigenvalue weighted by Crippen LogP contribution is 2.33. The molecule has 4 rings (SSSR count). The lowest BCUT2D eigenvalue weighted by Crippen LogP contribution is -2.11. The van der Waals surface area contributed by atoms with Crippen molar-refractivity contribution in [3.8, 4) is 16.9 Å². The summed E-state index contributed by atoms with van der Waals surface area (Å²) in [6.45, 7) is 0.155. The maximum Gasteiger partial charge on any atom is 0.341 e. The molecule has 7 nitrogen and oxygen atoms in total. The summed E-state index contributed by atoms with van der Waals surface area (Å²) < 4.78 is 25.4. The first kappa shape index (κ1) is 20.8. The summed E-state index contributed by atoms with van der Waals surface area (Å²) in [6.07, 6.45) is 0. The molecule has 0 atom stereocenters. The molecular formula is C22H18FN3O4S. The molecule has 0 bridgehead atoms. The van der Waals surface area contributed by atoms with Gasteiger partial charge in [0.15, 0.2) is 6.61 Å². The van der Waals surface area contributed by atoms with Crippen molar-refractivity contribution in [2.24, 2.45) is 0 Å². The molecule has 1 N–H and O–H groups in total. The Morgan fingerprint density at radius 3 is 2.65 bits per heavy atom. The molecule has 9 heteroatoms. The quantitative estimate of drug-likeness (QED) is 0.398. The fraction of sp³-hybridized carbons (Fsp3) is 0.136. The molecule has 4 aromatic rings. The van der Waals surface area contributed by atoms with Gasteiger partial charge in [-0.25, -0.2) is 18.1 Å². The normalized spacial score (nSPS) is 11.2. The molecule has 0 aliphatic heterocycles. The first-order valence-electron chi connectivity index (χ1n) is 9.33. The molecule has 3 aromatic carbocycles. The van der Waals surface area contributed by atoms with Gasteiger partial charge in [-0.2, -0.15) is 0 Å². The van der Waals surface area contributed by atoms with E-state index in [1.165, 1.54) is 24.1 Å². The summed E-state index contributed by atoms with van der Waals surface area (Å²) in [5, 5.41) is 16.7. The Balaban J connectivity index is 1.60. The number of ether oxygens (including phenoxy) is 1. The smallest absolute Gasteiger partial charge is 0.341 e. The number of fused-ring (bicyclic) bond motifs is 1. The fourth-order valence-corrected chi connectivity index (χ4v) is 3.91. The summed E-state index contributed by atoms with van der Waals surface area (Å²) in [4.78, 5) is 11.9. The zero-order valence-electron chi connectivity index (χ0n) is 16.5. The van der Waals surface area contributed by atoms with E-state index in [1.807, 2.05) is 35.6 Å². The Hall–Kier alpha value is -3.43. The van der Waals surface area contributed by atoms with E-state index in [-0.39, 0.29) is 5.82 Å². The van der Waals surface area contributed by atoms with Crippen LogP contribution in [0.5, 0.6) is 5.75 Å². The number of hydrogen-bond donors (Lipinski definition) is 1. The molecule has 31 heavy (non-hydrogen) atoms. The number of nitrogens with zero attached hydrogens (tertiary/aromatic N) is 3. The molecule has 158 valence electrons. The van der Waals surface area contributed by atoms with Crippen LogP contribution < -0.4 is 4.74 Å². The Bertz CT molecular complexity index is 1210. The maximum atomic E-state index is 13.1. The van der Waals surface area contributed by atoms with Crippen molar-refractivity contribution in [3.63, 3.8) is 0 Å². The van der Waals surface area contributed by atoms with Gasteiger partial charge in [0.2, 0.25) is 0 Å². The van der Waals surface area contributed by atoms with E-state index >= 15 is 0 Å². The average Bonchev–Trinajstić information content (AvgIpc) is 3.22. The number of hydrogen-bond acceptors (Lipinski definition) is 7. The molecular weight excluding hydrogens is 421 g/mol. The Morgan fingerprint density at radius 1 is 1.10 bits per heavy atom. The van der Waals surface area contributed by atoms with Gasteiger partial charge >= 0.3 is 5.97 Å². The van der Waals surface area contributed by atoms with Gasteiger partial charge in [0.1, 0.15) is 22.6 Å². The number of halogens is 1. The Kier molecular flexibility index (Phi) is 6.15. The number of carboxylic acid groups (broad SMARTS) is 1. The van der Waals surface area contributed by atoms with Crippen LogP contribution in [0.3, 0.4) is 0 Å². The lowest BCUT2D eigenvalue weighted by molar-refractivity contribution is -0.139. The number of carbonyl (C=O) groups is 1. The summed E-state index contributed by atoms with van der Waals surface area (Å²) >= 11 is 1.50. The standard InChI is InChI=1S/C22H18FN3O4S/c1-26(31-17-6-4-16(23)5-7-17)12-14-2-9-21(29-13-22(27)28)18(10-14)15-3-8-19-20(11-15)25-30-24-19/h2-11H,12-13H2,1H3,(H,27,28). The van der Waals surface area contributed by atoms with Gasteiger partial charge in [-0.3, -0.25) is 0 Å². The van der Waals surface area contributed by atoms with Gasteiger partial charge in [-0.15, -0.1) is 0 Å². The predicted molar refractivity (Wildman–Crippen MR) is 114 cm³/mol. The van der Waals surface area contributed by atoms with Gasteiger partial charge in [0.05, 0.1) is 0 Å². The lowest BCUT2D eigenvalue weighted by Gasteiger charge is -2.17. The second-order valence-electron chi connectivity index (χ2n) is 6.81. The number of rotatable bonds is 8. The third kappa shape index (κ3) is 5.19. The van der Waals surface area contributed by atoms with Crippen LogP contribution in [0.25, 0.3) is 22.2 Å². The van der Waals surface area contributed by atoms with E-state index in [1.54, 1.807) is 24.3 Å². The minimum atomic E-state index is -1.05. The molecule has 0 spiro atoms. The van der Waals surface area contributed by atoms with Crippen molar-refractivity contribution in [1.82, 2.24) is 14.6 Å². The summed E-state index contributed by atoms with van der Waals surface area (Å²) in [5.74, 6) is -0.870. The van der Waals surface area contributed by atoms with Crippen LogP contribution in [0.15, 0.2) is 70.2 Å². The minimum Gasteiger partial charge on any atom is -0.481 e. The van der Waals surface area contributed by atoms with Crippen LogP contribution in [-0.2, 0) is 11.3 Å². The molecule has 0 saturated heterocycles. The van der Waals surface area contributed by atoms with Gasteiger partial charge in [0.25, 0.3) is 0 Å².